The molecule has 1 N–H and O–H groups in total. The molecule has 108 valence electrons. The van der Waals surface area contributed by atoms with E-state index in [2.05, 4.69) is 5.32 Å². The number of thioether (sulfide) groups is 1. The Morgan fingerprint density at radius 3 is 2.65 bits per heavy atom. The van der Waals surface area contributed by atoms with E-state index in [1.54, 1.807) is 16.7 Å². The second-order valence-electron chi connectivity index (χ2n) is 5.07. The fraction of sp³-hybridized carbons (Fsp3) is 0.538. The third-order valence-corrected chi connectivity index (χ3v) is 4.50. The predicted molar refractivity (Wildman–Crippen MR) is 79.2 cm³/mol. The maximum atomic E-state index is 14.7. The molecule has 1 aliphatic heterocycles. The Bertz CT molecular complexity index is 531. The Kier molecular flexibility index (Phi) is 3.69. The Morgan fingerprint density at radius 2 is 2.05 bits per heavy atom. The molecule has 0 amide bonds. The third kappa shape index (κ3) is 2.67. The Hall–Kier alpha value is -1.50. The molecule has 1 heterocycles. The molecule has 2 aliphatic rings. The summed E-state index contributed by atoms with van der Waals surface area (Å²) in [6, 6.07) is 3.20. The molecule has 0 radical (unpaired) electrons. The summed E-state index contributed by atoms with van der Waals surface area (Å²) >= 11 is 1.79. The number of nitro groups is 1. The van der Waals surface area contributed by atoms with Gasteiger partial charge in [-0.2, -0.15) is 11.8 Å². The van der Waals surface area contributed by atoms with Crippen LogP contribution < -0.4 is 10.2 Å². The zero-order valence-corrected chi connectivity index (χ0v) is 11.8. The van der Waals surface area contributed by atoms with Crippen molar-refractivity contribution in [2.24, 2.45) is 0 Å². The molecule has 0 atom stereocenters. The van der Waals surface area contributed by atoms with Crippen molar-refractivity contribution >= 4 is 28.8 Å². The Labute approximate surface area is 120 Å². The second-order valence-corrected chi connectivity index (χ2v) is 6.29. The van der Waals surface area contributed by atoms with Crippen LogP contribution in [0.3, 0.4) is 0 Å². The summed E-state index contributed by atoms with van der Waals surface area (Å²) < 4.78 is 14.7. The number of nitrogens with zero attached hydrogens (tertiary/aromatic N) is 2. The zero-order valence-electron chi connectivity index (χ0n) is 11.0. The summed E-state index contributed by atoms with van der Waals surface area (Å²) in [6.45, 7) is 1.30. The van der Waals surface area contributed by atoms with Gasteiger partial charge < -0.3 is 10.2 Å². The van der Waals surface area contributed by atoms with Gasteiger partial charge in [0.2, 0.25) is 0 Å². The van der Waals surface area contributed by atoms with Gasteiger partial charge in [-0.25, -0.2) is 4.39 Å². The molecule has 0 unspecified atom stereocenters. The van der Waals surface area contributed by atoms with Gasteiger partial charge in [-0.05, 0) is 18.9 Å². The van der Waals surface area contributed by atoms with Crippen LogP contribution >= 0.6 is 11.8 Å². The van der Waals surface area contributed by atoms with Crippen molar-refractivity contribution in [2.75, 3.05) is 34.8 Å². The van der Waals surface area contributed by atoms with Gasteiger partial charge in [-0.3, -0.25) is 10.1 Å². The van der Waals surface area contributed by atoms with Crippen molar-refractivity contribution in [1.82, 2.24) is 0 Å². The van der Waals surface area contributed by atoms with Crippen molar-refractivity contribution in [3.05, 3.63) is 28.1 Å². The Morgan fingerprint density at radius 1 is 1.35 bits per heavy atom. The number of anilines is 2. The molecule has 3 rings (SSSR count). The van der Waals surface area contributed by atoms with E-state index in [-0.39, 0.29) is 11.4 Å². The first-order valence-corrected chi connectivity index (χ1v) is 7.88. The van der Waals surface area contributed by atoms with Crippen LogP contribution in [-0.4, -0.2) is 35.6 Å². The Balaban J connectivity index is 1.98. The van der Waals surface area contributed by atoms with Crippen LogP contribution in [0.4, 0.5) is 21.5 Å². The SMILES string of the molecule is O=[N+]([O-])c1ccc(NC2CC2)c(F)c1N1CCSCC1. The van der Waals surface area contributed by atoms with E-state index in [4.69, 9.17) is 0 Å². The molecule has 1 aromatic carbocycles. The van der Waals surface area contributed by atoms with E-state index >= 15 is 0 Å². The van der Waals surface area contributed by atoms with E-state index in [0.717, 1.165) is 24.3 Å². The van der Waals surface area contributed by atoms with Gasteiger partial charge in [0, 0.05) is 36.7 Å². The van der Waals surface area contributed by atoms with Crippen LogP contribution in [-0.2, 0) is 0 Å². The molecule has 1 aromatic rings. The minimum Gasteiger partial charge on any atom is -0.380 e. The number of benzene rings is 1. The minimum atomic E-state index is -0.499. The van der Waals surface area contributed by atoms with Crippen LogP contribution in [0.25, 0.3) is 0 Å². The van der Waals surface area contributed by atoms with Crippen molar-refractivity contribution in [2.45, 2.75) is 18.9 Å². The minimum absolute atomic E-state index is 0.140. The summed E-state index contributed by atoms with van der Waals surface area (Å²) in [7, 11) is 0. The first-order valence-electron chi connectivity index (χ1n) is 6.73. The summed E-state index contributed by atoms with van der Waals surface area (Å²) in [5.74, 6) is 1.26. The fourth-order valence-corrected chi connectivity index (χ4v) is 3.25. The van der Waals surface area contributed by atoms with Gasteiger partial charge in [0.05, 0.1) is 10.6 Å². The van der Waals surface area contributed by atoms with Gasteiger partial charge in [-0.15, -0.1) is 0 Å². The van der Waals surface area contributed by atoms with Gasteiger partial charge in [-0.1, -0.05) is 0 Å². The normalized spacial score (nSPS) is 18.9. The van der Waals surface area contributed by atoms with Crippen molar-refractivity contribution in [1.29, 1.82) is 0 Å². The number of hydrogen-bond acceptors (Lipinski definition) is 5. The van der Waals surface area contributed by atoms with E-state index in [1.807, 2.05) is 0 Å². The summed E-state index contributed by atoms with van der Waals surface area (Å²) in [4.78, 5) is 12.4. The van der Waals surface area contributed by atoms with Crippen LogP contribution in [0.15, 0.2) is 12.1 Å². The lowest BCUT2D eigenvalue weighted by molar-refractivity contribution is -0.384. The first-order chi connectivity index (χ1) is 9.66. The molecular weight excluding hydrogens is 281 g/mol. The quantitative estimate of drug-likeness (QED) is 0.684. The maximum absolute atomic E-state index is 14.7. The van der Waals surface area contributed by atoms with Gasteiger partial charge in [0.25, 0.3) is 5.69 Å². The molecular formula is C13H16FN3O2S. The van der Waals surface area contributed by atoms with Crippen LogP contribution in [0.5, 0.6) is 0 Å². The van der Waals surface area contributed by atoms with Gasteiger partial charge in [0.1, 0.15) is 0 Å². The molecule has 0 bridgehead atoms. The zero-order chi connectivity index (χ0) is 14.1. The largest absolute Gasteiger partial charge is 0.380 e. The fourth-order valence-electron chi connectivity index (χ4n) is 2.35. The number of rotatable bonds is 4. The summed E-state index contributed by atoms with van der Waals surface area (Å²) in [5, 5.41) is 14.2. The predicted octanol–water partition coefficient (Wildman–Crippen LogP) is 2.86. The first kappa shape index (κ1) is 13.5. The molecule has 20 heavy (non-hydrogen) atoms. The van der Waals surface area contributed by atoms with Crippen LogP contribution in [0.2, 0.25) is 0 Å². The maximum Gasteiger partial charge on any atom is 0.295 e. The van der Waals surface area contributed by atoms with Crippen molar-refractivity contribution < 1.29 is 9.31 Å². The van der Waals surface area contributed by atoms with Gasteiger partial charge >= 0.3 is 0 Å². The number of nitrogens with one attached hydrogen (secondary N) is 1. The monoisotopic (exact) mass is 297 g/mol. The highest BCUT2D eigenvalue weighted by molar-refractivity contribution is 7.99. The lowest BCUT2D eigenvalue weighted by Crippen LogP contribution is -2.33. The molecule has 5 nitrogen and oxygen atoms in total. The highest BCUT2D eigenvalue weighted by atomic mass is 32.2. The van der Waals surface area contributed by atoms with Crippen molar-refractivity contribution in [3.8, 4) is 0 Å². The average Bonchev–Trinajstić information content (AvgIpc) is 3.25. The average molecular weight is 297 g/mol. The van der Waals surface area contributed by atoms with E-state index in [0.29, 0.717) is 24.8 Å². The number of nitro benzene ring substituents is 1. The van der Waals surface area contributed by atoms with E-state index < -0.39 is 10.7 Å². The van der Waals surface area contributed by atoms with Gasteiger partial charge in [0.15, 0.2) is 11.5 Å². The molecule has 1 aliphatic carbocycles. The third-order valence-electron chi connectivity index (χ3n) is 3.56. The second kappa shape index (κ2) is 5.47. The smallest absolute Gasteiger partial charge is 0.295 e. The summed E-state index contributed by atoms with van der Waals surface area (Å²) in [6.07, 6.45) is 2.07. The van der Waals surface area contributed by atoms with E-state index in [9.17, 15) is 14.5 Å². The molecule has 2 fully saturated rings. The molecule has 0 aromatic heterocycles. The lowest BCUT2D eigenvalue weighted by Gasteiger charge is -2.29. The lowest BCUT2D eigenvalue weighted by atomic mass is 10.2. The number of halogens is 1. The molecule has 0 spiro atoms. The van der Waals surface area contributed by atoms with Crippen LogP contribution in [0, 0.1) is 15.9 Å². The number of hydrogen-bond donors (Lipinski definition) is 1. The summed E-state index contributed by atoms with van der Waals surface area (Å²) in [5.41, 5.74) is 0.378. The molecule has 1 saturated carbocycles. The van der Waals surface area contributed by atoms with E-state index in [1.165, 1.54) is 12.1 Å². The topological polar surface area (TPSA) is 58.4 Å². The van der Waals surface area contributed by atoms with Crippen LogP contribution in [0.1, 0.15) is 12.8 Å². The standard InChI is InChI=1S/C13H16FN3O2S/c14-12-10(15-9-1-2-9)3-4-11(17(18)19)13(12)16-5-7-20-8-6-16/h3-4,9,15H,1-2,5-8H2. The molecule has 1 saturated heterocycles. The highest BCUT2D eigenvalue weighted by Crippen LogP contribution is 2.38. The van der Waals surface area contributed by atoms with Crippen molar-refractivity contribution in [3.63, 3.8) is 0 Å². The molecule has 7 heteroatoms. The highest BCUT2D eigenvalue weighted by Gasteiger charge is 2.29.